The fraction of sp³-hybridized carbons (Fsp3) is 0.409. The van der Waals surface area contributed by atoms with Gasteiger partial charge in [0.1, 0.15) is 0 Å². The van der Waals surface area contributed by atoms with Gasteiger partial charge in [-0.3, -0.25) is 9.78 Å². The second-order valence-electron chi connectivity index (χ2n) is 6.88. The van der Waals surface area contributed by atoms with Gasteiger partial charge in [-0.2, -0.15) is 0 Å². The van der Waals surface area contributed by atoms with Crippen molar-refractivity contribution in [3.8, 4) is 0 Å². The van der Waals surface area contributed by atoms with E-state index in [1.807, 2.05) is 41.4 Å². The van der Waals surface area contributed by atoms with E-state index >= 15 is 0 Å². The topological polar surface area (TPSA) is 69.6 Å². The van der Waals surface area contributed by atoms with Crippen LogP contribution in [0.4, 0.5) is 0 Å². The number of hydrogen-bond donors (Lipinski definition) is 2. The van der Waals surface area contributed by atoms with Crippen LogP contribution in [0, 0.1) is 0 Å². The van der Waals surface area contributed by atoms with Gasteiger partial charge >= 0.3 is 0 Å². The van der Waals surface area contributed by atoms with Gasteiger partial charge in [0, 0.05) is 50.9 Å². The molecule has 1 amide bonds. The Morgan fingerprint density at radius 2 is 1.93 bits per heavy atom. The molecule has 0 bridgehead atoms. The van der Waals surface area contributed by atoms with Gasteiger partial charge in [0.05, 0.1) is 6.54 Å². The van der Waals surface area contributed by atoms with Crippen LogP contribution in [0.15, 0.2) is 53.7 Å². The standard InChI is InChI=1S/C22H29N5O.HI/c1-2-23-22(25-14-12-20-10-5-6-13-24-20)26-16-18-8-3-4-9-19(18)17-27-15-7-11-21(27)28;/h3-6,8-10,13H,2,7,11-12,14-17H2,1H3,(H2,23,25,26);1H. The van der Waals surface area contributed by atoms with Crippen molar-refractivity contribution in [1.29, 1.82) is 0 Å². The molecule has 0 aliphatic carbocycles. The van der Waals surface area contributed by atoms with Crippen molar-refractivity contribution in [1.82, 2.24) is 20.5 Å². The van der Waals surface area contributed by atoms with Crippen LogP contribution >= 0.6 is 24.0 Å². The van der Waals surface area contributed by atoms with Gasteiger partial charge in [-0.05, 0) is 36.6 Å². The Kier molecular flexibility index (Phi) is 9.90. The highest BCUT2D eigenvalue weighted by Gasteiger charge is 2.20. The molecule has 1 aliphatic rings. The third-order valence-corrected chi connectivity index (χ3v) is 4.80. The summed E-state index contributed by atoms with van der Waals surface area (Å²) < 4.78 is 0. The Bertz CT molecular complexity index is 797. The second-order valence-corrected chi connectivity index (χ2v) is 6.88. The number of nitrogens with zero attached hydrogens (tertiary/aromatic N) is 3. The highest BCUT2D eigenvalue weighted by Crippen LogP contribution is 2.17. The average Bonchev–Trinajstić information content (AvgIpc) is 3.12. The van der Waals surface area contributed by atoms with Crippen LogP contribution in [-0.2, 0) is 24.3 Å². The highest BCUT2D eigenvalue weighted by molar-refractivity contribution is 14.0. The summed E-state index contributed by atoms with van der Waals surface area (Å²) >= 11 is 0. The first-order chi connectivity index (χ1) is 13.8. The third-order valence-electron chi connectivity index (χ3n) is 4.80. The van der Waals surface area contributed by atoms with Crippen molar-refractivity contribution < 1.29 is 4.79 Å². The molecule has 2 N–H and O–H groups in total. The van der Waals surface area contributed by atoms with Crippen LogP contribution in [0.5, 0.6) is 0 Å². The SMILES string of the molecule is CCNC(=NCc1ccccc1CN1CCCC1=O)NCCc1ccccn1.I. The smallest absolute Gasteiger partial charge is 0.222 e. The van der Waals surface area contributed by atoms with E-state index in [0.717, 1.165) is 49.7 Å². The first kappa shape index (κ1) is 23.1. The molecule has 6 nitrogen and oxygen atoms in total. The van der Waals surface area contributed by atoms with Gasteiger partial charge in [-0.1, -0.05) is 30.3 Å². The van der Waals surface area contributed by atoms with Crippen molar-refractivity contribution in [2.75, 3.05) is 19.6 Å². The quantitative estimate of drug-likeness (QED) is 0.328. The summed E-state index contributed by atoms with van der Waals surface area (Å²) in [5.74, 6) is 1.05. The third kappa shape index (κ3) is 7.30. The number of benzene rings is 1. The Balaban J connectivity index is 0.00000300. The van der Waals surface area contributed by atoms with E-state index in [4.69, 9.17) is 4.99 Å². The summed E-state index contributed by atoms with van der Waals surface area (Å²) in [5, 5.41) is 6.67. The van der Waals surface area contributed by atoms with E-state index in [1.54, 1.807) is 0 Å². The first-order valence-corrected chi connectivity index (χ1v) is 10.0. The minimum Gasteiger partial charge on any atom is -0.357 e. The lowest BCUT2D eigenvalue weighted by molar-refractivity contribution is -0.128. The molecule has 0 saturated carbocycles. The Hall–Kier alpha value is -2.16. The Labute approximate surface area is 190 Å². The number of amides is 1. The summed E-state index contributed by atoms with van der Waals surface area (Å²) in [4.78, 5) is 23.0. The fourth-order valence-electron chi connectivity index (χ4n) is 3.30. The van der Waals surface area contributed by atoms with Crippen LogP contribution in [0.2, 0.25) is 0 Å². The number of pyridine rings is 1. The highest BCUT2D eigenvalue weighted by atomic mass is 127. The van der Waals surface area contributed by atoms with Gasteiger partial charge in [-0.15, -0.1) is 24.0 Å². The maximum atomic E-state index is 11.9. The molecule has 2 aromatic rings. The van der Waals surface area contributed by atoms with Gasteiger partial charge in [-0.25, -0.2) is 4.99 Å². The van der Waals surface area contributed by atoms with E-state index in [2.05, 4.69) is 34.7 Å². The molecule has 2 heterocycles. The maximum absolute atomic E-state index is 11.9. The van der Waals surface area contributed by atoms with E-state index in [9.17, 15) is 4.79 Å². The van der Waals surface area contributed by atoms with Crippen molar-refractivity contribution in [3.05, 3.63) is 65.5 Å². The monoisotopic (exact) mass is 507 g/mol. The Morgan fingerprint density at radius 3 is 2.62 bits per heavy atom. The predicted octanol–water partition coefficient (Wildman–Crippen LogP) is 3.12. The zero-order valence-electron chi connectivity index (χ0n) is 16.9. The summed E-state index contributed by atoms with van der Waals surface area (Å²) in [6.07, 6.45) is 4.30. The molecule has 29 heavy (non-hydrogen) atoms. The Morgan fingerprint density at radius 1 is 1.14 bits per heavy atom. The first-order valence-electron chi connectivity index (χ1n) is 10.0. The van der Waals surface area contributed by atoms with Gasteiger partial charge < -0.3 is 15.5 Å². The van der Waals surface area contributed by atoms with E-state index in [-0.39, 0.29) is 29.9 Å². The molecule has 1 aromatic carbocycles. The zero-order valence-corrected chi connectivity index (χ0v) is 19.3. The number of aromatic nitrogens is 1. The normalized spacial score (nSPS) is 13.9. The van der Waals surface area contributed by atoms with Gasteiger partial charge in [0.2, 0.25) is 5.91 Å². The largest absolute Gasteiger partial charge is 0.357 e. The summed E-state index contributed by atoms with van der Waals surface area (Å²) in [5.41, 5.74) is 3.39. The predicted molar refractivity (Wildman–Crippen MR) is 127 cm³/mol. The molecule has 0 atom stereocenters. The van der Waals surface area contributed by atoms with Crippen LogP contribution < -0.4 is 10.6 Å². The summed E-state index contributed by atoms with van der Waals surface area (Å²) in [6, 6.07) is 14.2. The van der Waals surface area contributed by atoms with Crippen molar-refractivity contribution in [2.45, 2.75) is 39.3 Å². The number of nitrogens with one attached hydrogen (secondary N) is 2. The summed E-state index contributed by atoms with van der Waals surface area (Å²) in [6.45, 7) is 5.74. The summed E-state index contributed by atoms with van der Waals surface area (Å²) in [7, 11) is 0. The second kappa shape index (κ2) is 12.4. The molecule has 1 fully saturated rings. The lowest BCUT2D eigenvalue weighted by Gasteiger charge is -2.18. The number of likely N-dealkylation sites (tertiary alicyclic amines) is 1. The number of carbonyl (C=O) groups excluding carboxylic acids is 1. The molecular weight excluding hydrogens is 477 g/mol. The fourth-order valence-corrected chi connectivity index (χ4v) is 3.30. The van der Waals surface area contributed by atoms with E-state index < -0.39 is 0 Å². The van der Waals surface area contributed by atoms with Crippen LogP contribution in [-0.4, -0.2) is 41.4 Å². The molecule has 1 aliphatic heterocycles. The van der Waals surface area contributed by atoms with Crippen molar-refractivity contribution in [3.63, 3.8) is 0 Å². The maximum Gasteiger partial charge on any atom is 0.222 e. The van der Waals surface area contributed by atoms with Gasteiger partial charge in [0.25, 0.3) is 0 Å². The number of aliphatic imine (C=N–C) groups is 1. The van der Waals surface area contributed by atoms with Gasteiger partial charge in [0.15, 0.2) is 5.96 Å². The van der Waals surface area contributed by atoms with Crippen LogP contribution in [0.25, 0.3) is 0 Å². The number of guanidine groups is 1. The lowest BCUT2D eigenvalue weighted by atomic mass is 10.1. The molecule has 0 spiro atoms. The number of hydrogen-bond acceptors (Lipinski definition) is 3. The minimum absolute atomic E-state index is 0. The minimum atomic E-state index is 0. The van der Waals surface area contributed by atoms with Crippen molar-refractivity contribution in [2.24, 2.45) is 4.99 Å². The lowest BCUT2D eigenvalue weighted by Crippen LogP contribution is -2.38. The van der Waals surface area contributed by atoms with Crippen molar-refractivity contribution >= 4 is 35.8 Å². The van der Waals surface area contributed by atoms with Crippen LogP contribution in [0.1, 0.15) is 36.6 Å². The molecule has 1 saturated heterocycles. The molecular formula is C22H30IN5O. The molecule has 156 valence electrons. The van der Waals surface area contributed by atoms with Crippen LogP contribution in [0.3, 0.4) is 0 Å². The number of rotatable bonds is 8. The zero-order chi connectivity index (χ0) is 19.6. The number of carbonyl (C=O) groups is 1. The molecule has 7 heteroatoms. The molecule has 0 unspecified atom stereocenters. The molecule has 1 aromatic heterocycles. The number of halogens is 1. The van der Waals surface area contributed by atoms with E-state index in [0.29, 0.717) is 19.5 Å². The molecule has 0 radical (unpaired) electrons. The molecule has 3 rings (SSSR count). The average molecular weight is 507 g/mol. The van der Waals surface area contributed by atoms with E-state index in [1.165, 1.54) is 5.56 Å².